The Labute approximate surface area is 89.9 Å². The summed E-state index contributed by atoms with van der Waals surface area (Å²) in [6, 6.07) is 2.54. The quantitative estimate of drug-likeness (QED) is 0.814. The first-order valence-electron chi connectivity index (χ1n) is 4.45. The van der Waals surface area contributed by atoms with Crippen molar-refractivity contribution in [1.29, 1.82) is 0 Å². The molecule has 1 aromatic carbocycles. The Kier molecular flexibility index (Phi) is 3.93. The second-order valence-electron chi connectivity index (χ2n) is 3.02. The highest BCUT2D eigenvalue weighted by molar-refractivity contribution is 5.94. The standard InChI is InChI=1S/C10H9F2NO3/c11-6-1-2-7(8(12)5-6)10(16)13-4-3-9(14)15/h1-2,5H,3-4H2,(H,13,16)(H,14,15). The van der Waals surface area contributed by atoms with Crippen LogP contribution in [0, 0.1) is 11.6 Å². The van der Waals surface area contributed by atoms with Crippen molar-refractivity contribution in [1.82, 2.24) is 5.32 Å². The molecule has 0 saturated heterocycles. The summed E-state index contributed by atoms with van der Waals surface area (Å²) in [5, 5.41) is 10.5. The smallest absolute Gasteiger partial charge is 0.305 e. The summed E-state index contributed by atoms with van der Waals surface area (Å²) < 4.78 is 25.6. The first-order valence-corrected chi connectivity index (χ1v) is 4.45. The first kappa shape index (κ1) is 12.1. The van der Waals surface area contributed by atoms with Gasteiger partial charge in [-0.15, -0.1) is 0 Å². The molecule has 86 valence electrons. The molecule has 1 aromatic rings. The predicted octanol–water partition coefficient (Wildman–Crippen LogP) is 1.17. The highest BCUT2D eigenvalue weighted by Gasteiger charge is 2.12. The SMILES string of the molecule is O=C(O)CCNC(=O)c1ccc(F)cc1F. The topological polar surface area (TPSA) is 66.4 Å². The van der Waals surface area contributed by atoms with E-state index in [1.54, 1.807) is 0 Å². The normalized spacial score (nSPS) is 9.88. The Hall–Kier alpha value is -1.98. The maximum absolute atomic E-state index is 13.1. The van der Waals surface area contributed by atoms with Crippen LogP contribution in [0.5, 0.6) is 0 Å². The second kappa shape index (κ2) is 5.20. The molecule has 4 nitrogen and oxygen atoms in total. The van der Waals surface area contributed by atoms with Gasteiger partial charge in [0.2, 0.25) is 0 Å². The van der Waals surface area contributed by atoms with Gasteiger partial charge in [-0.1, -0.05) is 0 Å². The van der Waals surface area contributed by atoms with Crippen molar-refractivity contribution in [3.05, 3.63) is 35.4 Å². The van der Waals surface area contributed by atoms with Crippen LogP contribution >= 0.6 is 0 Å². The molecule has 0 aliphatic rings. The molecule has 0 aliphatic carbocycles. The molecule has 0 aromatic heterocycles. The summed E-state index contributed by atoms with van der Waals surface area (Å²) in [6.45, 7) is -0.106. The van der Waals surface area contributed by atoms with Crippen LogP contribution in [-0.2, 0) is 4.79 Å². The number of halogens is 2. The minimum absolute atomic E-state index is 0.106. The van der Waals surface area contributed by atoms with E-state index in [-0.39, 0.29) is 18.5 Å². The van der Waals surface area contributed by atoms with Crippen molar-refractivity contribution in [2.24, 2.45) is 0 Å². The Bertz CT molecular complexity index is 421. The molecule has 0 atom stereocenters. The summed E-state index contributed by atoms with van der Waals surface area (Å²) in [7, 11) is 0. The van der Waals surface area contributed by atoms with Gasteiger partial charge >= 0.3 is 5.97 Å². The number of carbonyl (C=O) groups excluding carboxylic acids is 1. The average molecular weight is 229 g/mol. The van der Waals surface area contributed by atoms with Crippen LogP contribution in [0.15, 0.2) is 18.2 Å². The number of aliphatic carboxylic acids is 1. The van der Waals surface area contributed by atoms with Gasteiger partial charge in [0.25, 0.3) is 5.91 Å². The van der Waals surface area contributed by atoms with E-state index in [2.05, 4.69) is 5.32 Å². The second-order valence-corrected chi connectivity index (χ2v) is 3.02. The van der Waals surface area contributed by atoms with E-state index in [1.165, 1.54) is 0 Å². The Morgan fingerprint density at radius 1 is 1.31 bits per heavy atom. The summed E-state index contributed by atoms with van der Waals surface area (Å²) in [6.07, 6.45) is -0.255. The Morgan fingerprint density at radius 3 is 2.56 bits per heavy atom. The van der Waals surface area contributed by atoms with Crippen LogP contribution in [0.3, 0.4) is 0 Å². The average Bonchev–Trinajstić information content (AvgIpc) is 2.16. The number of carboxylic acid groups (broad SMARTS) is 1. The number of carbonyl (C=O) groups is 2. The largest absolute Gasteiger partial charge is 0.481 e. The van der Waals surface area contributed by atoms with Crippen LogP contribution in [0.2, 0.25) is 0 Å². The van der Waals surface area contributed by atoms with E-state index in [4.69, 9.17) is 5.11 Å². The number of hydrogen-bond acceptors (Lipinski definition) is 2. The van der Waals surface area contributed by atoms with Gasteiger partial charge in [-0.25, -0.2) is 8.78 Å². The van der Waals surface area contributed by atoms with Gasteiger partial charge in [-0.2, -0.15) is 0 Å². The van der Waals surface area contributed by atoms with Crippen LogP contribution in [-0.4, -0.2) is 23.5 Å². The molecule has 1 amide bonds. The van der Waals surface area contributed by atoms with E-state index in [0.29, 0.717) is 6.07 Å². The van der Waals surface area contributed by atoms with Crippen molar-refractivity contribution in [3.63, 3.8) is 0 Å². The van der Waals surface area contributed by atoms with E-state index < -0.39 is 23.5 Å². The fraction of sp³-hybridized carbons (Fsp3) is 0.200. The molecule has 1 rings (SSSR count). The molecule has 0 heterocycles. The zero-order valence-corrected chi connectivity index (χ0v) is 8.17. The molecule has 0 radical (unpaired) electrons. The van der Waals surface area contributed by atoms with Gasteiger partial charge in [0.1, 0.15) is 11.6 Å². The molecule has 2 N–H and O–H groups in total. The predicted molar refractivity (Wildman–Crippen MR) is 50.9 cm³/mol. The van der Waals surface area contributed by atoms with E-state index >= 15 is 0 Å². The number of hydrogen-bond donors (Lipinski definition) is 2. The first-order chi connectivity index (χ1) is 7.50. The van der Waals surface area contributed by atoms with Crippen molar-refractivity contribution >= 4 is 11.9 Å². The number of nitrogens with one attached hydrogen (secondary N) is 1. The van der Waals surface area contributed by atoms with Gasteiger partial charge in [-0.05, 0) is 12.1 Å². The van der Waals surface area contributed by atoms with Gasteiger partial charge in [-0.3, -0.25) is 9.59 Å². The Morgan fingerprint density at radius 2 is 2.00 bits per heavy atom. The fourth-order valence-electron chi connectivity index (χ4n) is 1.05. The third-order valence-corrected chi connectivity index (χ3v) is 1.80. The van der Waals surface area contributed by atoms with Gasteiger partial charge in [0.05, 0.1) is 12.0 Å². The fourth-order valence-corrected chi connectivity index (χ4v) is 1.05. The third-order valence-electron chi connectivity index (χ3n) is 1.80. The summed E-state index contributed by atoms with van der Waals surface area (Å²) in [5.41, 5.74) is -0.313. The zero-order valence-electron chi connectivity index (χ0n) is 8.17. The van der Waals surface area contributed by atoms with E-state index in [0.717, 1.165) is 12.1 Å². The monoisotopic (exact) mass is 229 g/mol. The molecular formula is C10H9F2NO3. The van der Waals surface area contributed by atoms with Gasteiger partial charge in [0.15, 0.2) is 0 Å². The van der Waals surface area contributed by atoms with Crippen LogP contribution < -0.4 is 5.32 Å². The minimum atomic E-state index is -1.07. The van der Waals surface area contributed by atoms with E-state index in [1.807, 2.05) is 0 Å². The van der Waals surface area contributed by atoms with Crippen molar-refractivity contribution in [2.45, 2.75) is 6.42 Å². The third kappa shape index (κ3) is 3.30. The molecule has 6 heteroatoms. The lowest BCUT2D eigenvalue weighted by atomic mass is 10.2. The van der Waals surface area contributed by atoms with Gasteiger partial charge in [0, 0.05) is 12.6 Å². The van der Waals surface area contributed by atoms with E-state index in [9.17, 15) is 18.4 Å². The molecule has 0 unspecified atom stereocenters. The summed E-state index contributed by atoms with van der Waals surface area (Å²) in [4.78, 5) is 21.4. The maximum atomic E-state index is 13.1. The zero-order chi connectivity index (χ0) is 12.1. The highest BCUT2D eigenvalue weighted by atomic mass is 19.1. The van der Waals surface area contributed by atoms with Crippen LogP contribution in [0.4, 0.5) is 8.78 Å². The number of benzene rings is 1. The molecule has 0 aliphatic heterocycles. The molecule has 0 fully saturated rings. The van der Waals surface area contributed by atoms with Crippen LogP contribution in [0.1, 0.15) is 16.8 Å². The molecule has 0 saturated carbocycles. The van der Waals surface area contributed by atoms with Crippen molar-refractivity contribution in [2.75, 3.05) is 6.54 Å². The number of rotatable bonds is 4. The molecular weight excluding hydrogens is 220 g/mol. The molecule has 16 heavy (non-hydrogen) atoms. The number of amides is 1. The minimum Gasteiger partial charge on any atom is -0.481 e. The van der Waals surface area contributed by atoms with Crippen molar-refractivity contribution in [3.8, 4) is 0 Å². The summed E-state index contributed by atoms with van der Waals surface area (Å²) >= 11 is 0. The van der Waals surface area contributed by atoms with Crippen molar-refractivity contribution < 1.29 is 23.5 Å². The summed E-state index contributed by atoms with van der Waals surface area (Å²) in [5.74, 6) is -3.59. The highest BCUT2D eigenvalue weighted by Crippen LogP contribution is 2.09. The maximum Gasteiger partial charge on any atom is 0.305 e. The van der Waals surface area contributed by atoms with Crippen LogP contribution in [0.25, 0.3) is 0 Å². The Balaban J connectivity index is 2.63. The number of carboxylic acids is 1. The van der Waals surface area contributed by atoms with Gasteiger partial charge < -0.3 is 10.4 Å². The molecule has 0 spiro atoms. The molecule has 0 bridgehead atoms. The lowest BCUT2D eigenvalue weighted by Crippen LogP contribution is -2.26. The lowest BCUT2D eigenvalue weighted by molar-refractivity contribution is -0.136. The lowest BCUT2D eigenvalue weighted by Gasteiger charge is -2.04.